The molecule has 19 heteroatoms. The average Bonchev–Trinajstić information content (AvgIpc) is 3.89. The van der Waals surface area contributed by atoms with E-state index in [4.69, 9.17) is 17.2 Å². The Bertz CT molecular complexity index is 1390. The molecule has 304 valence electrons. The highest BCUT2D eigenvalue weighted by atomic mass is 16.4. The number of nitrogens with one attached hydrogen (secondary N) is 3. The SMILES string of the molecule is CC(C)C[C@H](N)C(=O)N1CCC[C@H]1C(=O)N1CCC[C@H]1C(=O)N[C@@H](CC(N)=O)C(=O)N1CCC[C@H]1C(=O)N[C@H](C(=O)N[C@@H](CCCCN)C(=O)O)[C@@H](C)O. The molecule has 3 aliphatic rings. The van der Waals surface area contributed by atoms with E-state index in [0.29, 0.717) is 58.0 Å². The van der Waals surface area contributed by atoms with Gasteiger partial charge in [-0.05, 0) is 83.6 Å². The van der Waals surface area contributed by atoms with Crippen molar-refractivity contribution in [3.8, 4) is 0 Å². The third-order valence-electron chi connectivity index (χ3n) is 10.2. The molecule has 0 aliphatic carbocycles. The van der Waals surface area contributed by atoms with Gasteiger partial charge in [-0.1, -0.05) is 13.8 Å². The van der Waals surface area contributed by atoms with Crippen LogP contribution in [0.15, 0.2) is 0 Å². The maximum Gasteiger partial charge on any atom is 0.326 e. The number of hydrogen-bond acceptors (Lipinski definition) is 11. The standard InChI is InChI=1S/C35H59N9O10/c1-19(2)17-21(37)32(50)44-16-8-12-26(44)34(52)43-15-7-10-24(43)29(47)40-23(18-27(38)46)33(51)42-14-6-11-25(42)30(48)41-28(20(3)45)31(49)39-22(35(53)54)9-4-5-13-36/h19-26,28,45H,4-18,36-37H2,1-3H3,(H2,38,46)(H,39,49)(H,40,47)(H,41,48)(H,53,54)/t20-,21+,22+,23+,24+,25+,26+,28+/m1/s1. The second kappa shape index (κ2) is 20.4. The van der Waals surface area contributed by atoms with Crippen molar-refractivity contribution < 1.29 is 48.6 Å². The minimum atomic E-state index is -1.56. The van der Waals surface area contributed by atoms with E-state index in [2.05, 4.69) is 16.0 Å². The van der Waals surface area contributed by atoms with Gasteiger partial charge >= 0.3 is 5.97 Å². The largest absolute Gasteiger partial charge is 0.480 e. The van der Waals surface area contributed by atoms with Gasteiger partial charge in [-0.3, -0.25) is 33.6 Å². The van der Waals surface area contributed by atoms with Gasteiger partial charge in [0, 0.05) is 19.6 Å². The zero-order valence-electron chi connectivity index (χ0n) is 31.5. The smallest absolute Gasteiger partial charge is 0.326 e. The summed E-state index contributed by atoms with van der Waals surface area (Å²) in [7, 11) is 0. The van der Waals surface area contributed by atoms with Crippen LogP contribution in [-0.2, 0) is 38.4 Å². The number of nitrogens with zero attached hydrogens (tertiary/aromatic N) is 3. The molecule has 0 bridgehead atoms. The number of aliphatic carboxylic acids is 1. The number of carboxylic acids is 1. The number of hydrogen-bond donors (Lipinski definition) is 8. The van der Waals surface area contributed by atoms with E-state index in [1.807, 2.05) is 13.8 Å². The van der Waals surface area contributed by atoms with Crippen LogP contribution < -0.4 is 33.2 Å². The Hall–Kier alpha value is -4.36. The molecular weight excluding hydrogens is 706 g/mol. The number of aliphatic hydroxyl groups excluding tert-OH is 1. The van der Waals surface area contributed by atoms with Gasteiger partial charge in [0.15, 0.2) is 0 Å². The molecule has 0 saturated carbocycles. The lowest BCUT2D eigenvalue weighted by molar-refractivity contribution is -0.148. The van der Waals surface area contributed by atoms with Crippen molar-refractivity contribution in [1.29, 1.82) is 0 Å². The Morgan fingerprint density at radius 2 is 1.28 bits per heavy atom. The predicted molar refractivity (Wildman–Crippen MR) is 193 cm³/mol. The summed E-state index contributed by atoms with van der Waals surface area (Å²) in [4.78, 5) is 109. The van der Waals surface area contributed by atoms with Crippen molar-refractivity contribution in [2.45, 2.75) is 140 Å². The van der Waals surface area contributed by atoms with Gasteiger partial charge in [0.2, 0.25) is 41.4 Å². The number of amides is 7. The normalized spacial score (nSPS) is 22.6. The lowest BCUT2D eigenvalue weighted by Gasteiger charge is -2.33. The summed E-state index contributed by atoms with van der Waals surface area (Å²) in [6.45, 7) is 6.15. The average molecular weight is 766 g/mol. The Kier molecular flexibility index (Phi) is 16.6. The molecule has 0 radical (unpaired) electrons. The fraction of sp³-hybridized carbons (Fsp3) is 0.771. The van der Waals surface area contributed by atoms with Crippen molar-refractivity contribution in [3.63, 3.8) is 0 Å². The highest BCUT2D eigenvalue weighted by Crippen LogP contribution is 2.27. The van der Waals surface area contributed by atoms with Gasteiger partial charge in [0.25, 0.3) is 0 Å². The number of carboxylic acid groups (broad SMARTS) is 1. The van der Waals surface area contributed by atoms with Gasteiger partial charge in [0.1, 0.15) is 36.3 Å². The van der Waals surface area contributed by atoms with Gasteiger partial charge in [-0.2, -0.15) is 0 Å². The third kappa shape index (κ3) is 11.6. The number of carbonyl (C=O) groups excluding carboxylic acids is 7. The molecule has 0 aromatic rings. The molecule has 0 spiro atoms. The first kappa shape index (κ1) is 44.0. The van der Waals surface area contributed by atoms with E-state index in [1.165, 1.54) is 16.7 Å². The topological polar surface area (TPSA) is 301 Å². The van der Waals surface area contributed by atoms with Gasteiger partial charge in [-0.15, -0.1) is 0 Å². The maximum atomic E-state index is 13.9. The molecule has 3 rings (SSSR count). The molecule has 3 saturated heterocycles. The summed E-state index contributed by atoms with van der Waals surface area (Å²) < 4.78 is 0. The van der Waals surface area contributed by atoms with Crippen molar-refractivity contribution in [2.24, 2.45) is 23.1 Å². The summed E-state index contributed by atoms with van der Waals surface area (Å²) in [5.74, 6) is -5.97. The van der Waals surface area contributed by atoms with Crippen LogP contribution in [0.25, 0.3) is 0 Å². The van der Waals surface area contributed by atoms with E-state index >= 15 is 0 Å². The Morgan fingerprint density at radius 3 is 1.81 bits per heavy atom. The number of rotatable bonds is 19. The van der Waals surface area contributed by atoms with Crippen LogP contribution >= 0.6 is 0 Å². The highest BCUT2D eigenvalue weighted by molar-refractivity contribution is 5.99. The molecular formula is C35H59N9O10. The summed E-state index contributed by atoms with van der Waals surface area (Å²) in [5.41, 5.74) is 17.1. The van der Waals surface area contributed by atoms with Crippen LogP contribution in [-0.4, -0.2) is 147 Å². The maximum absolute atomic E-state index is 13.9. The molecule has 7 amide bonds. The molecule has 19 nitrogen and oxygen atoms in total. The fourth-order valence-corrected chi connectivity index (χ4v) is 7.44. The Balaban J connectivity index is 1.72. The van der Waals surface area contributed by atoms with Crippen molar-refractivity contribution >= 4 is 47.3 Å². The molecule has 0 aromatic carbocycles. The first-order valence-electron chi connectivity index (χ1n) is 19.0. The second-order valence-corrected chi connectivity index (χ2v) is 14.9. The molecule has 11 N–H and O–H groups in total. The molecule has 0 aromatic heterocycles. The van der Waals surface area contributed by atoms with Crippen LogP contribution in [0.5, 0.6) is 0 Å². The van der Waals surface area contributed by atoms with Crippen LogP contribution in [0.2, 0.25) is 0 Å². The Labute approximate surface area is 315 Å². The third-order valence-corrected chi connectivity index (χ3v) is 10.2. The monoisotopic (exact) mass is 765 g/mol. The zero-order chi connectivity index (χ0) is 40.3. The lowest BCUT2D eigenvalue weighted by Crippen LogP contribution is -2.60. The molecule has 3 heterocycles. The molecule has 54 heavy (non-hydrogen) atoms. The number of nitrogens with two attached hydrogens (primary N) is 3. The van der Waals surface area contributed by atoms with E-state index in [1.54, 1.807) is 0 Å². The minimum Gasteiger partial charge on any atom is -0.480 e. The minimum absolute atomic E-state index is 0.0638. The van der Waals surface area contributed by atoms with E-state index in [0.717, 1.165) is 4.90 Å². The second-order valence-electron chi connectivity index (χ2n) is 14.9. The van der Waals surface area contributed by atoms with Gasteiger partial charge < -0.3 is 58.1 Å². The first-order chi connectivity index (χ1) is 25.5. The van der Waals surface area contributed by atoms with E-state index in [9.17, 15) is 48.6 Å². The summed E-state index contributed by atoms with van der Waals surface area (Å²) >= 11 is 0. The molecule has 0 unspecified atom stereocenters. The van der Waals surface area contributed by atoms with Crippen LogP contribution in [0, 0.1) is 5.92 Å². The fourth-order valence-electron chi connectivity index (χ4n) is 7.44. The number of carbonyl (C=O) groups is 8. The van der Waals surface area contributed by atoms with Crippen LogP contribution in [0.4, 0.5) is 0 Å². The predicted octanol–water partition coefficient (Wildman–Crippen LogP) is -2.74. The number of aliphatic hydroxyl groups is 1. The zero-order valence-corrected chi connectivity index (χ0v) is 31.5. The van der Waals surface area contributed by atoms with Crippen molar-refractivity contribution in [2.75, 3.05) is 26.2 Å². The first-order valence-corrected chi connectivity index (χ1v) is 19.0. The summed E-state index contributed by atoms with van der Waals surface area (Å²) in [5, 5.41) is 27.3. The summed E-state index contributed by atoms with van der Waals surface area (Å²) in [6, 6.07) is -8.02. The quantitative estimate of drug-likeness (QED) is 0.0622. The van der Waals surface area contributed by atoms with Crippen LogP contribution in [0.1, 0.15) is 91.4 Å². The van der Waals surface area contributed by atoms with E-state index < -0.39 is 96.2 Å². The van der Waals surface area contributed by atoms with Gasteiger partial charge in [-0.25, -0.2) is 4.79 Å². The number of primary amides is 1. The van der Waals surface area contributed by atoms with E-state index in [-0.39, 0.29) is 44.2 Å². The lowest BCUT2D eigenvalue weighted by atomic mass is 10.0. The van der Waals surface area contributed by atoms with Crippen LogP contribution in [0.3, 0.4) is 0 Å². The highest BCUT2D eigenvalue weighted by Gasteiger charge is 2.45. The summed E-state index contributed by atoms with van der Waals surface area (Å²) in [6.07, 6.45) is 1.73. The Morgan fingerprint density at radius 1 is 0.741 bits per heavy atom. The van der Waals surface area contributed by atoms with Gasteiger partial charge in [0.05, 0.1) is 18.6 Å². The van der Waals surface area contributed by atoms with Crippen molar-refractivity contribution in [3.05, 3.63) is 0 Å². The molecule has 3 aliphatic heterocycles. The number of likely N-dealkylation sites (tertiary alicyclic amines) is 3. The van der Waals surface area contributed by atoms with Crippen molar-refractivity contribution in [1.82, 2.24) is 30.7 Å². The molecule has 8 atom stereocenters. The molecule has 3 fully saturated rings. The number of unbranched alkanes of at least 4 members (excludes halogenated alkanes) is 1.